The van der Waals surface area contributed by atoms with Gasteiger partial charge >= 0.3 is 0 Å². The highest BCUT2D eigenvalue weighted by atomic mass is 16.3. The maximum Gasteiger partial charge on any atom is 0.164 e. The smallest absolute Gasteiger partial charge is 0.164 e. The maximum atomic E-state index is 6.72. The minimum absolute atomic E-state index is 0.578. The summed E-state index contributed by atoms with van der Waals surface area (Å²) in [5.41, 5.74) is 8.06. The largest absolute Gasteiger partial charge is 0.456 e. The molecular weight excluding hydrogens is 639 g/mol. The molecule has 0 N–H and O–H groups in total. The van der Waals surface area contributed by atoms with E-state index in [-0.39, 0.29) is 0 Å². The Hall–Kier alpha value is -7.11. The molecule has 0 fully saturated rings. The predicted octanol–water partition coefficient (Wildman–Crippen LogP) is 12.6. The van der Waals surface area contributed by atoms with Gasteiger partial charge in [-0.25, -0.2) is 15.0 Å². The van der Waals surface area contributed by atoms with Gasteiger partial charge in [-0.05, 0) is 81.2 Å². The molecule has 0 unspecified atom stereocenters. The van der Waals surface area contributed by atoms with Crippen molar-refractivity contribution < 1.29 is 8.83 Å². The molecule has 52 heavy (non-hydrogen) atoms. The van der Waals surface area contributed by atoms with Gasteiger partial charge in [0.1, 0.15) is 22.3 Å². The zero-order valence-electron chi connectivity index (χ0n) is 27.7. The quantitative estimate of drug-likeness (QED) is 0.187. The Morgan fingerprint density at radius 1 is 0.308 bits per heavy atom. The molecule has 5 heteroatoms. The van der Waals surface area contributed by atoms with Crippen molar-refractivity contribution in [1.29, 1.82) is 0 Å². The van der Waals surface area contributed by atoms with Gasteiger partial charge in [0, 0.05) is 38.2 Å². The van der Waals surface area contributed by atoms with E-state index in [0.717, 1.165) is 93.2 Å². The number of furan rings is 2. The minimum atomic E-state index is 0.578. The maximum absolute atomic E-state index is 6.72. The Balaban J connectivity index is 1.21. The van der Waals surface area contributed by atoms with Gasteiger partial charge in [-0.3, -0.25) is 0 Å². The van der Waals surface area contributed by atoms with E-state index in [0.29, 0.717) is 17.5 Å². The van der Waals surface area contributed by atoms with Crippen LogP contribution >= 0.6 is 0 Å². The van der Waals surface area contributed by atoms with Crippen molar-refractivity contribution in [2.45, 2.75) is 0 Å². The molecule has 0 saturated heterocycles. The molecule has 11 rings (SSSR count). The number of benzene rings is 8. The molecule has 0 atom stereocenters. The Labute approximate surface area is 297 Å². The predicted molar refractivity (Wildman–Crippen MR) is 211 cm³/mol. The standard InChI is InChI=1S/C47H27N3O2/c1-2-11-29(12-3-1)45-48-46(34-19-18-28-10-4-5-13-30(28)22-34)50-47(49-45)39-25-35(33-20-21-41-37(23-33)36-16-8-9-17-40(36)51-41)27-43-44(39)38-24-31-14-6-7-15-32(31)26-42(38)52-43/h1-27H. The molecule has 0 radical (unpaired) electrons. The zero-order valence-corrected chi connectivity index (χ0v) is 27.7. The lowest BCUT2D eigenvalue weighted by Gasteiger charge is -2.11. The van der Waals surface area contributed by atoms with Crippen LogP contribution in [-0.2, 0) is 0 Å². The molecule has 0 aliphatic rings. The molecule has 0 aliphatic heterocycles. The molecular formula is C47H27N3O2. The SMILES string of the molecule is c1ccc(-c2nc(-c3ccc4ccccc4c3)nc(-c3cc(-c4ccc5oc6ccccc6c5c4)cc4oc5cc6ccccc6cc5c34)n2)cc1. The van der Waals surface area contributed by atoms with Gasteiger partial charge in [0.05, 0.1) is 0 Å². The van der Waals surface area contributed by atoms with Gasteiger partial charge in [0.15, 0.2) is 17.5 Å². The van der Waals surface area contributed by atoms with Crippen LogP contribution in [-0.4, -0.2) is 15.0 Å². The fourth-order valence-electron chi connectivity index (χ4n) is 7.51. The Morgan fingerprint density at radius 3 is 1.79 bits per heavy atom. The first-order valence-corrected chi connectivity index (χ1v) is 17.3. The van der Waals surface area contributed by atoms with Crippen molar-refractivity contribution in [2.24, 2.45) is 0 Å². The van der Waals surface area contributed by atoms with Crippen LogP contribution in [0.2, 0.25) is 0 Å². The van der Waals surface area contributed by atoms with Crippen molar-refractivity contribution >= 4 is 65.4 Å². The van der Waals surface area contributed by atoms with Crippen molar-refractivity contribution in [2.75, 3.05) is 0 Å². The van der Waals surface area contributed by atoms with Crippen molar-refractivity contribution in [3.63, 3.8) is 0 Å². The molecule has 0 amide bonds. The zero-order chi connectivity index (χ0) is 34.2. The van der Waals surface area contributed by atoms with E-state index >= 15 is 0 Å². The number of aromatic nitrogens is 3. The highest BCUT2D eigenvalue weighted by Gasteiger charge is 2.21. The van der Waals surface area contributed by atoms with Gasteiger partial charge < -0.3 is 8.83 Å². The third kappa shape index (κ3) is 4.60. The van der Waals surface area contributed by atoms with Crippen LogP contribution in [0.1, 0.15) is 0 Å². The monoisotopic (exact) mass is 665 g/mol. The topological polar surface area (TPSA) is 65.0 Å². The van der Waals surface area contributed by atoms with Crippen molar-refractivity contribution in [3.8, 4) is 45.3 Å². The summed E-state index contributed by atoms with van der Waals surface area (Å²) in [6.45, 7) is 0. The van der Waals surface area contributed by atoms with Crippen molar-refractivity contribution in [1.82, 2.24) is 15.0 Å². The average Bonchev–Trinajstić information content (AvgIpc) is 3.77. The van der Waals surface area contributed by atoms with Crippen LogP contribution in [0.4, 0.5) is 0 Å². The van der Waals surface area contributed by atoms with Crippen LogP contribution in [0.15, 0.2) is 173 Å². The summed E-state index contributed by atoms with van der Waals surface area (Å²) in [7, 11) is 0. The van der Waals surface area contributed by atoms with Gasteiger partial charge in [0.2, 0.25) is 0 Å². The lowest BCUT2D eigenvalue weighted by Crippen LogP contribution is -2.00. The molecule has 242 valence electrons. The van der Waals surface area contributed by atoms with Gasteiger partial charge in [-0.1, -0.05) is 115 Å². The van der Waals surface area contributed by atoms with Crippen LogP contribution in [0, 0.1) is 0 Å². The van der Waals surface area contributed by atoms with E-state index in [4.69, 9.17) is 23.8 Å². The van der Waals surface area contributed by atoms with E-state index in [1.807, 2.05) is 54.6 Å². The molecule has 0 aliphatic carbocycles. The van der Waals surface area contributed by atoms with Crippen LogP contribution in [0.3, 0.4) is 0 Å². The van der Waals surface area contributed by atoms with Gasteiger partial charge in [0.25, 0.3) is 0 Å². The van der Waals surface area contributed by atoms with E-state index in [9.17, 15) is 0 Å². The first kappa shape index (κ1) is 28.7. The molecule has 3 heterocycles. The summed E-state index contributed by atoms with van der Waals surface area (Å²) in [6, 6.07) is 56.4. The minimum Gasteiger partial charge on any atom is -0.456 e. The number of hydrogen-bond acceptors (Lipinski definition) is 5. The Bertz CT molecular complexity index is 3190. The summed E-state index contributed by atoms with van der Waals surface area (Å²) in [4.78, 5) is 15.5. The van der Waals surface area contributed by atoms with Crippen molar-refractivity contribution in [3.05, 3.63) is 164 Å². The normalized spacial score (nSPS) is 11.8. The highest BCUT2D eigenvalue weighted by molar-refractivity contribution is 6.16. The first-order valence-electron chi connectivity index (χ1n) is 17.3. The Morgan fingerprint density at radius 2 is 0.942 bits per heavy atom. The van der Waals surface area contributed by atoms with Gasteiger partial charge in [-0.15, -0.1) is 0 Å². The third-order valence-electron chi connectivity index (χ3n) is 10.1. The molecule has 11 aromatic rings. The summed E-state index contributed by atoms with van der Waals surface area (Å²) >= 11 is 0. The number of hydrogen-bond donors (Lipinski definition) is 0. The highest BCUT2D eigenvalue weighted by Crippen LogP contribution is 2.42. The Kier molecular flexibility index (Phi) is 6.18. The van der Waals surface area contributed by atoms with Crippen LogP contribution in [0.5, 0.6) is 0 Å². The fraction of sp³-hybridized carbons (Fsp3) is 0. The number of fused-ring (bicyclic) bond motifs is 8. The van der Waals surface area contributed by atoms with Crippen LogP contribution in [0.25, 0.3) is 111 Å². The summed E-state index contributed by atoms with van der Waals surface area (Å²) in [5.74, 6) is 1.80. The molecule has 5 nitrogen and oxygen atoms in total. The average molecular weight is 666 g/mol. The second kappa shape index (κ2) is 11.2. The number of para-hydroxylation sites is 1. The van der Waals surface area contributed by atoms with Gasteiger partial charge in [-0.2, -0.15) is 0 Å². The molecule has 0 bridgehead atoms. The van der Waals surface area contributed by atoms with E-state index in [1.165, 1.54) is 0 Å². The molecule has 0 spiro atoms. The van der Waals surface area contributed by atoms with E-state index in [2.05, 4.69) is 109 Å². The summed E-state index contributed by atoms with van der Waals surface area (Å²) < 4.78 is 12.9. The number of rotatable bonds is 4. The first-order chi connectivity index (χ1) is 25.7. The summed E-state index contributed by atoms with van der Waals surface area (Å²) in [5, 5.41) is 8.69. The van der Waals surface area contributed by atoms with E-state index < -0.39 is 0 Å². The third-order valence-corrected chi connectivity index (χ3v) is 10.1. The number of nitrogens with zero attached hydrogens (tertiary/aromatic N) is 3. The molecule has 3 aromatic heterocycles. The lowest BCUT2D eigenvalue weighted by molar-refractivity contribution is 0.669. The molecule has 8 aromatic carbocycles. The second-order valence-electron chi connectivity index (χ2n) is 13.2. The molecule has 0 saturated carbocycles. The van der Waals surface area contributed by atoms with Crippen LogP contribution < -0.4 is 0 Å². The fourth-order valence-corrected chi connectivity index (χ4v) is 7.51. The second-order valence-corrected chi connectivity index (χ2v) is 13.2. The lowest BCUT2D eigenvalue weighted by atomic mass is 9.96. The van der Waals surface area contributed by atoms with E-state index in [1.54, 1.807) is 0 Å². The summed E-state index contributed by atoms with van der Waals surface area (Å²) in [6.07, 6.45) is 0.